The first kappa shape index (κ1) is 15.5. The van der Waals surface area contributed by atoms with Crippen LogP contribution in [0.1, 0.15) is 31.2 Å². The monoisotopic (exact) mass is 290 g/mol. The maximum absolute atomic E-state index is 12.7. The van der Waals surface area contributed by atoms with Gasteiger partial charge in [-0.1, -0.05) is 18.2 Å². The maximum atomic E-state index is 12.7. The second-order valence-corrected chi connectivity index (χ2v) is 5.69. The Morgan fingerprint density at radius 1 is 1.33 bits per heavy atom. The first-order valence-electron chi connectivity index (χ1n) is 7.33. The van der Waals surface area contributed by atoms with Crippen LogP contribution in [-0.2, 0) is 9.59 Å². The molecule has 1 saturated carbocycles. The summed E-state index contributed by atoms with van der Waals surface area (Å²) >= 11 is 0. The molecule has 5 heteroatoms. The van der Waals surface area contributed by atoms with Crippen molar-refractivity contribution in [2.75, 3.05) is 11.4 Å². The van der Waals surface area contributed by atoms with Gasteiger partial charge in [0.05, 0.1) is 6.42 Å². The van der Waals surface area contributed by atoms with E-state index in [1.54, 1.807) is 4.90 Å². The Hall–Kier alpha value is -1.88. The van der Waals surface area contributed by atoms with Crippen LogP contribution in [0.3, 0.4) is 0 Å². The van der Waals surface area contributed by atoms with E-state index in [-0.39, 0.29) is 30.8 Å². The molecule has 2 atom stereocenters. The van der Waals surface area contributed by atoms with Gasteiger partial charge in [0.25, 0.3) is 0 Å². The standard InChI is InChI=1S/C16H22N2O3/c1-11-4-2-3-5-14(11)18(9-8-15(19)20)16(21)12-6-7-13(17)10-12/h2-5,12-13H,6-10,17H2,1H3,(H,19,20). The molecule has 0 saturated heterocycles. The third-order valence-electron chi connectivity index (χ3n) is 4.04. The molecule has 0 aromatic heterocycles. The highest BCUT2D eigenvalue weighted by atomic mass is 16.4. The van der Waals surface area contributed by atoms with E-state index in [0.717, 1.165) is 24.1 Å². The summed E-state index contributed by atoms with van der Waals surface area (Å²) in [6.45, 7) is 2.13. The number of benzene rings is 1. The minimum absolute atomic E-state index is 0.00139. The second kappa shape index (κ2) is 6.72. The van der Waals surface area contributed by atoms with Crippen LogP contribution in [0.2, 0.25) is 0 Å². The molecule has 114 valence electrons. The Morgan fingerprint density at radius 2 is 2.05 bits per heavy atom. The molecule has 0 heterocycles. The molecule has 21 heavy (non-hydrogen) atoms. The number of nitrogens with zero attached hydrogens (tertiary/aromatic N) is 1. The molecule has 3 N–H and O–H groups in total. The fourth-order valence-electron chi connectivity index (χ4n) is 2.88. The molecule has 1 fully saturated rings. The lowest BCUT2D eigenvalue weighted by Gasteiger charge is -2.26. The van der Waals surface area contributed by atoms with E-state index < -0.39 is 5.97 Å². The van der Waals surface area contributed by atoms with Gasteiger partial charge >= 0.3 is 5.97 Å². The summed E-state index contributed by atoms with van der Waals surface area (Å²) in [7, 11) is 0. The summed E-state index contributed by atoms with van der Waals surface area (Å²) in [4.78, 5) is 25.2. The van der Waals surface area contributed by atoms with Crippen LogP contribution >= 0.6 is 0 Å². The molecule has 1 amide bonds. The lowest BCUT2D eigenvalue weighted by Crippen LogP contribution is -2.38. The summed E-state index contributed by atoms with van der Waals surface area (Å²) in [6.07, 6.45) is 2.28. The second-order valence-electron chi connectivity index (χ2n) is 5.69. The molecule has 1 aromatic carbocycles. The van der Waals surface area contributed by atoms with Crippen molar-refractivity contribution in [3.63, 3.8) is 0 Å². The van der Waals surface area contributed by atoms with E-state index >= 15 is 0 Å². The van der Waals surface area contributed by atoms with Crippen LogP contribution in [0.15, 0.2) is 24.3 Å². The minimum atomic E-state index is -0.899. The predicted octanol–water partition coefficient (Wildman–Crippen LogP) is 1.93. The van der Waals surface area contributed by atoms with E-state index in [4.69, 9.17) is 10.8 Å². The number of aryl methyl sites for hydroxylation is 1. The van der Waals surface area contributed by atoms with Crippen molar-refractivity contribution >= 4 is 17.6 Å². The number of carbonyl (C=O) groups excluding carboxylic acids is 1. The molecule has 0 radical (unpaired) electrons. The first-order chi connectivity index (χ1) is 9.99. The van der Waals surface area contributed by atoms with Gasteiger partial charge in [0.1, 0.15) is 0 Å². The smallest absolute Gasteiger partial charge is 0.305 e. The number of carboxylic acids is 1. The van der Waals surface area contributed by atoms with E-state index in [2.05, 4.69) is 0 Å². The molecule has 2 unspecified atom stereocenters. The molecular weight excluding hydrogens is 268 g/mol. The van der Waals surface area contributed by atoms with Crippen LogP contribution in [0.25, 0.3) is 0 Å². The van der Waals surface area contributed by atoms with Gasteiger partial charge in [0.2, 0.25) is 5.91 Å². The average Bonchev–Trinajstić information content (AvgIpc) is 2.87. The van der Waals surface area contributed by atoms with Gasteiger partial charge in [0, 0.05) is 24.2 Å². The van der Waals surface area contributed by atoms with Crippen LogP contribution in [0.5, 0.6) is 0 Å². The molecule has 2 rings (SSSR count). The molecule has 1 aliphatic rings. The highest BCUT2D eigenvalue weighted by molar-refractivity contribution is 5.96. The summed E-state index contributed by atoms with van der Waals surface area (Å²) in [5.74, 6) is -0.989. The van der Waals surface area contributed by atoms with E-state index in [9.17, 15) is 9.59 Å². The summed E-state index contributed by atoms with van der Waals surface area (Å²) < 4.78 is 0. The van der Waals surface area contributed by atoms with Crippen molar-refractivity contribution in [1.29, 1.82) is 0 Å². The molecular formula is C16H22N2O3. The van der Waals surface area contributed by atoms with E-state index in [1.807, 2.05) is 31.2 Å². The number of hydrogen-bond donors (Lipinski definition) is 2. The average molecular weight is 290 g/mol. The largest absolute Gasteiger partial charge is 0.481 e. The first-order valence-corrected chi connectivity index (χ1v) is 7.33. The molecule has 0 bridgehead atoms. The number of hydrogen-bond acceptors (Lipinski definition) is 3. The van der Waals surface area contributed by atoms with Crippen LogP contribution in [0, 0.1) is 12.8 Å². The van der Waals surface area contributed by atoms with E-state index in [1.165, 1.54) is 0 Å². The Morgan fingerprint density at radius 3 is 2.62 bits per heavy atom. The number of carboxylic acid groups (broad SMARTS) is 1. The Bertz CT molecular complexity index is 530. The van der Waals surface area contributed by atoms with E-state index in [0.29, 0.717) is 6.42 Å². The van der Waals surface area contributed by atoms with Gasteiger partial charge in [-0.25, -0.2) is 0 Å². The van der Waals surface area contributed by atoms with Gasteiger partial charge in [-0.3, -0.25) is 9.59 Å². The third-order valence-corrected chi connectivity index (χ3v) is 4.04. The zero-order valence-corrected chi connectivity index (χ0v) is 12.3. The Balaban J connectivity index is 2.21. The number of anilines is 1. The Kier molecular flexibility index (Phi) is 4.96. The van der Waals surface area contributed by atoms with Crippen LogP contribution in [0.4, 0.5) is 5.69 Å². The lowest BCUT2D eigenvalue weighted by molar-refractivity contribution is -0.136. The highest BCUT2D eigenvalue weighted by Gasteiger charge is 2.32. The summed E-state index contributed by atoms with van der Waals surface area (Å²) in [6, 6.07) is 7.64. The van der Waals surface area contributed by atoms with Crippen molar-refractivity contribution in [2.45, 2.75) is 38.6 Å². The van der Waals surface area contributed by atoms with Gasteiger partial charge in [0.15, 0.2) is 0 Å². The summed E-state index contributed by atoms with van der Waals surface area (Å²) in [5.41, 5.74) is 7.66. The van der Waals surface area contributed by atoms with Crippen molar-refractivity contribution in [3.8, 4) is 0 Å². The number of nitrogens with two attached hydrogens (primary N) is 1. The van der Waals surface area contributed by atoms with Crippen LogP contribution < -0.4 is 10.6 Å². The molecule has 1 aromatic rings. The van der Waals surface area contributed by atoms with Crippen molar-refractivity contribution < 1.29 is 14.7 Å². The number of aliphatic carboxylic acids is 1. The topological polar surface area (TPSA) is 83.6 Å². The van der Waals surface area contributed by atoms with Crippen molar-refractivity contribution in [3.05, 3.63) is 29.8 Å². The fraction of sp³-hybridized carbons (Fsp3) is 0.500. The minimum Gasteiger partial charge on any atom is -0.481 e. The lowest BCUT2D eigenvalue weighted by atomic mass is 10.0. The number of para-hydroxylation sites is 1. The summed E-state index contributed by atoms with van der Waals surface area (Å²) in [5, 5.41) is 8.91. The normalized spacial score (nSPS) is 21.2. The molecule has 5 nitrogen and oxygen atoms in total. The third kappa shape index (κ3) is 3.82. The zero-order valence-electron chi connectivity index (χ0n) is 12.3. The quantitative estimate of drug-likeness (QED) is 0.868. The fourth-order valence-corrected chi connectivity index (χ4v) is 2.88. The van der Waals surface area contributed by atoms with Gasteiger partial charge in [-0.05, 0) is 37.8 Å². The highest BCUT2D eigenvalue weighted by Crippen LogP contribution is 2.29. The van der Waals surface area contributed by atoms with Gasteiger partial charge in [-0.15, -0.1) is 0 Å². The predicted molar refractivity (Wildman–Crippen MR) is 81.1 cm³/mol. The SMILES string of the molecule is Cc1ccccc1N(CCC(=O)O)C(=O)C1CCC(N)C1. The van der Waals surface area contributed by atoms with Gasteiger partial charge < -0.3 is 15.7 Å². The molecule has 1 aliphatic carbocycles. The van der Waals surface area contributed by atoms with Crippen molar-refractivity contribution in [1.82, 2.24) is 0 Å². The number of amides is 1. The van der Waals surface area contributed by atoms with Crippen LogP contribution in [-0.4, -0.2) is 29.6 Å². The van der Waals surface area contributed by atoms with Crippen molar-refractivity contribution in [2.24, 2.45) is 11.7 Å². The molecule has 0 spiro atoms. The Labute approximate surface area is 124 Å². The number of carbonyl (C=O) groups is 2. The number of rotatable bonds is 5. The zero-order chi connectivity index (χ0) is 15.4. The maximum Gasteiger partial charge on any atom is 0.305 e. The van der Waals surface area contributed by atoms with Gasteiger partial charge in [-0.2, -0.15) is 0 Å². The molecule has 0 aliphatic heterocycles.